The van der Waals surface area contributed by atoms with E-state index in [1.807, 2.05) is 30.5 Å². The van der Waals surface area contributed by atoms with E-state index >= 15 is 0 Å². The molecule has 1 aliphatic rings. The first-order valence-corrected chi connectivity index (χ1v) is 8.62. The fourth-order valence-electron chi connectivity index (χ4n) is 3.12. The number of aromatic amines is 1. The lowest BCUT2D eigenvalue weighted by Crippen LogP contribution is -2.43. The maximum absolute atomic E-state index is 12.0. The van der Waals surface area contributed by atoms with Crippen LogP contribution in [0.1, 0.15) is 19.8 Å². The summed E-state index contributed by atoms with van der Waals surface area (Å²) in [6.07, 6.45) is 3.69. The molecule has 1 aromatic heterocycles. The predicted octanol–water partition coefficient (Wildman–Crippen LogP) is 2.38. The van der Waals surface area contributed by atoms with E-state index in [-0.39, 0.29) is 12.6 Å². The summed E-state index contributed by atoms with van der Waals surface area (Å²) in [5, 5.41) is 16.7. The highest BCUT2D eigenvalue weighted by Gasteiger charge is 2.18. The van der Waals surface area contributed by atoms with E-state index in [9.17, 15) is 9.90 Å². The molecule has 1 saturated heterocycles. The summed E-state index contributed by atoms with van der Waals surface area (Å²) in [7, 11) is 0. The summed E-state index contributed by atoms with van der Waals surface area (Å²) < 4.78 is 0. The maximum Gasteiger partial charge on any atom is 0.319 e. The van der Waals surface area contributed by atoms with Gasteiger partial charge in [-0.3, -0.25) is 0 Å². The van der Waals surface area contributed by atoms with Gasteiger partial charge in [0.2, 0.25) is 0 Å². The number of benzene rings is 1. The third kappa shape index (κ3) is 4.49. The van der Waals surface area contributed by atoms with Crippen LogP contribution in [-0.2, 0) is 0 Å². The van der Waals surface area contributed by atoms with Gasteiger partial charge in [-0.05, 0) is 56.1 Å². The number of nitrogens with one attached hydrogen (secondary N) is 3. The van der Waals surface area contributed by atoms with Crippen LogP contribution >= 0.6 is 0 Å². The average Bonchev–Trinajstić information content (AvgIpc) is 3.03. The molecule has 1 aromatic carbocycles. The Labute approximate surface area is 142 Å². The van der Waals surface area contributed by atoms with Crippen LogP contribution < -0.4 is 10.6 Å². The van der Waals surface area contributed by atoms with Crippen LogP contribution in [0.15, 0.2) is 30.5 Å². The Hall–Kier alpha value is -2.05. The molecule has 0 aliphatic carbocycles. The molecular weight excluding hydrogens is 304 g/mol. The van der Waals surface area contributed by atoms with E-state index < -0.39 is 6.10 Å². The monoisotopic (exact) mass is 330 g/mol. The first-order valence-electron chi connectivity index (χ1n) is 8.62. The van der Waals surface area contributed by atoms with E-state index in [0.717, 1.165) is 35.6 Å². The minimum absolute atomic E-state index is 0.254. The quantitative estimate of drug-likeness (QED) is 0.679. The van der Waals surface area contributed by atoms with Crippen LogP contribution in [0.25, 0.3) is 10.9 Å². The maximum atomic E-state index is 12.0. The number of β-amino-alcohol motifs (C(OH)–C–C–N with tert-alkyl or cyclic N) is 1. The molecule has 1 unspecified atom stereocenters. The van der Waals surface area contributed by atoms with Crippen molar-refractivity contribution in [2.24, 2.45) is 5.92 Å². The Kier molecular flexibility index (Phi) is 5.37. The van der Waals surface area contributed by atoms with Gasteiger partial charge in [0.1, 0.15) is 0 Å². The van der Waals surface area contributed by atoms with E-state index in [1.165, 1.54) is 12.8 Å². The molecule has 0 bridgehead atoms. The number of aliphatic hydroxyl groups is 1. The third-order valence-electron chi connectivity index (χ3n) is 4.65. The van der Waals surface area contributed by atoms with Gasteiger partial charge >= 0.3 is 6.03 Å². The number of nitrogens with zero attached hydrogens (tertiary/aromatic N) is 1. The number of aliphatic hydroxyl groups excluding tert-OH is 1. The number of piperidine rings is 1. The Bertz CT molecular complexity index is 676. The standard InChI is InChI=1S/C18H26N4O2/c1-13-5-8-22(9-6-13)12-16(23)11-20-18(24)21-15-2-3-17-14(10-15)4-7-19-17/h2-4,7,10,13,16,19,23H,5-6,8-9,11-12H2,1H3,(H2,20,21,24). The van der Waals surface area contributed by atoms with Gasteiger partial charge in [-0.2, -0.15) is 0 Å². The molecule has 0 radical (unpaired) electrons. The molecule has 1 atom stereocenters. The summed E-state index contributed by atoms with van der Waals surface area (Å²) >= 11 is 0. The van der Waals surface area contributed by atoms with E-state index in [2.05, 4.69) is 27.4 Å². The molecule has 6 nitrogen and oxygen atoms in total. The van der Waals surface area contributed by atoms with Crippen molar-refractivity contribution in [1.29, 1.82) is 0 Å². The van der Waals surface area contributed by atoms with E-state index in [0.29, 0.717) is 6.54 Å². The van der Waals surface area contributed by atoms with Gasteiger partial charge in [0, 0.05) is 35.9 Å². The molecule has 130 valence electrons. The van der Waals surface area contributed by atoms with Crippen LogP contribution in [-0.4, -0.2) is 53.3 Å². The number of H-pyrrole nitrogens is 1. The summed E-state index contributed by atoms with van der Waals surface area (Å²) in [4.78, 5) is 17.4. The molecule has 1 aliphatic heterocycles. The van der Waals surface area contributed by atoms with Gasteiger partial charge in [0.25, 0.3) is 0 Å². The second-order valence-corrected chi connectivity index (χ2v) is 6.75. The van der Waals surface area contributed by atoms with Crippen LogP contribution in [0.3, 0.4) is 0 Å². The number of fused-ring (bicyclic) bond motifs is 1. The second kappa shape index (κ2) is 7.68. The zero-order valence-corrected chi connectivity index (χ0v) is 14.1. The van der Waals surface area contributed by atoms with E-state index in [4.69, 9.17) is 0 Å². The minimum Gasteiger partial charge on any atom is -0.390 e. The molecule has 2 heterocycles. The number of anilines is 1. The topological polar surface area (TPSA) is 80.4 Å². The highest BCUT2D eigenvalue weighted by molar-refractivity contribution is 5.92. The minimum atomic E-state index is -0.545. The first kappa shape index (κ1) is 16.8. The molecule has 3 rings (SSSR count). The molecule has 2 amide bonds. The van der Waals surface area contributed by atoms with Crippen molar-refractivity contribution in [3.8, 4) is 0 Å². The molecule has 24 heavy (non-hydrogen) atoms. The van der Waals surface area contributed by atoms with Gasteiger partial charge in [-0.1, -0.05) is 6.92 Å². The number of carbonyl (C=O) groups excluding carboxylic acids is 1. The molecule has 0 spiro atoms. The fraction of sp³-hybridized carbons (Fsp3) is 0.500. The van der Waals surface area contributed by atoms with Crippen molar-refractivity contribution in [1.82, 2.24) is 15.2 Å². The van der Waals surface area contributed by atoms with Crippen LogP contribution in [0.2, 0.25) is 0 Å². The number of likely N-dealkylation sites (tertiary alicyclic amines) is 1. The van der Waals surface area contributed by atoms with Crippen molar-refractivity contribution in [2.75, 3.05) is 31.5 Å². The normalized spacial score (nSPS) is 17.8. The zero-order valence-electron chi connectivity index (χ0n) is 14.1. The first-order chi connectivity index (χ1) is 11.6. The number of hydrogen-bond donors (Lipinski definition) is 4. The van der Waals surface area contributed by atoms with Gasteiger partial charge in [-0.25, -0.2) is 4.79 Å². The van der Waals surface area contributed by atoms with Gasteiger partial charge in [0.05, 0.1) is 6.10 Å². The summed E-state index contributed by atoms with van der Waals surface area (Å²) in [6.45, 7) is 5.19. The number of hydrogen-bond acceptors (Lipinski definition) is 3. The van der Waals surface area contributed by atoms with Crippen LogP contribution in [0.5, 0.6) is 0 Å². The third-order valence-corrected chi connectivity index (χ3v) is 4.65. The molecule has 1 fully saturated rings. The van der Waals surface area contributed by atoms with E-state index in [1.54, 1.807) is 0 Å². The van der Waals surface area contributed by atoms with Crippen molar-refractivity contribution >= 4 is 22.6 Å². The fourth-order valence-corrected chi connectivity index (χ4v) is 3.12. The summed E-state index contributed by atoms with van der Waals surface area (Å²) in [6, 6.07) is 7.36. The second-order valence-electron chi connectivity index (χ2n) is 6.75. The Morgan fingerprint density at radius 2 is 2.17 bits per heavy atom. The molecule has 6 heteroatoms. The predicted molar refractivity (Wildman–Crippen MR) is 96.2 cm³/mol. The Morgan fingerprint density at radius 3 is 2.96 bits per heavy atom. The largest absolute Gasteiger partial charge is 0.390 e. The average molecular weight is 330 g/mol. The molecular formula is C18H26N4O2. The molecule has 0 saturated carbocycles. The lowest BCUT2D eigenvalue weighted by molar-refractivity contribution is 0.0924. The number of rotatable bonds is 5. The van der Waals surface area contributed by atoms with Crippen molar-refractivity contribution in [2.45, 2.75) is 25.9 Å². The number of carbonyl (C=O) groups is 1. The Balaban J connectivity index is 1.41. The SMILES string of the molecule is CC1CCN(CC(O)CNC(=O)Nc2ccc3[nH]ccc3c2)CC1. The molecule has 2 aromatic rings. The van der Waals surface area contributed by atoms with Crippen molar-refractivity contribution in [3.05, 3.63) is 30.5 Å². The molecule has 4 N–H and O–H groups in total. The van der Waals surface area contributed by atoms with Gasteiger partial charge < -0.3 is 25.6 Å². The highest BCUT2D eigenvalue weighted by atomic mass is 16.3. The Morgan fingerprint density at radius 1 is 1.38 bits per heavy atom. The number of urea groups is 1. The van der Waals surface area contributed by atoms with Gasteiger partial charge in [0.15, 0.2) is 0 Å². The lowest BCUT2D eigenvalue weighted by Gasteiger charge is -2.31. The lowest BCUT2D eigenvalue weighted by atomic mass is 9.99. The van der Waals surface area contributed by atoms with Crippen molar-refractivity contribution < 1.29 is 9.90 Å². The smallest absolute Gasteiger partial charge is 0.319 e. The van der Waals surface area contributed by atoms with Crippen LogP contribution in [0.4, 0.5) is 10.5 Å². The van der Waals surface area contributed by atoms with Crippen LogP contribution in [0, 0.1) is 5.92 Å². The summed E-state index contributed by atoms with van der Waals surface area (Å²) in [5.41, 5.74) is 1.77. The van der Waals surface area contributed by atoms with Crippen molar-refractivity contribution in [3.63, 3.8) is 0 Å². The zero-order chi connectivity index (χ0) is 16.9. The number of amides is 2. The summed E-state index contributed by atoms with van der Waals surface area (Å²) in [5.74, 6) is 0.777. The van der Waals surface area contributed by atoms with Gasteiger partial charge in [-0.15, -0.1) is 0 Å². The highest BCUT2D eigenvalue weighted by Crippen LogP contribution is 2.18. The number of aromatic nitrogens is 1.